The fourth-order valence-corrected chi connectivity index (χ4v) is 5.59. The van der Waals surface area contributed by atoms with Crippen molar-refractivity contribution in [3.63, 3.8) is 0 Å². The van der Waals surface area contributed by atoms with E-state index in [9.17, 15) is 50.4 Å². The van der Waals surface area contributed by atoms with E-state index in [2.05, 4.69) is 124 Å². The van der Waals surface area contributed by atoms with Crippen LogP contribution >= 0.6 is 64.5 Å². The van der Waals surface area contributed by atoms with Crippen LogP contribution in [0.15, 0.2) is 216 Å². The summed E-state index contributed by atoms with van der Waals surface area (Å²) in [5, 5.41) is 16.1. The van der Waals surface area contributed by atoms with Crippen LogP contribution in [0.1, 0.15) is 0 Å². The van der Waals surface area contributed by atoms with Gasteiger partial charge in [-0.05, 0) is 77.8 Å². The van der Waals surface area contributed by atoms with Crippen molar-refractivity contribution < 1.29 is 50.4 Å². The summed E-state index contributed by atoms with van der Waals surface area (Å²) in [6.45, 7) is 4.17. The molecule has 0 saturated carbocycles. The maximum Gasteiger partial charge on any atom is 0.0874 e. The van der Waals surface area contributed by atoms with Gasteiger partial charge < -0.3 is 0 Å². The summed E-state index contributed by atoms with van der Waals surface area (Å²) in [5.74, 6) is 0. The molecule has 0 aromatic heterocycles. The topological polar surface area (TPSA) is 73.8 Å². The van der Waals surface area contributed by atoms with Crippen LogP contribution in [0.3, 0.4) is 0 Å². The molecule has 68 heavy (non-hydrogen) atoms. The number of hydrogen-bond donors (Lipinski definition) is 3. The Hall–Kier alpha value is -5.22. The van der Waals surface area contributed by atoms with Gasteiger partial charge in [-0.1, -0.05) is 153 Å². The number of nitrogens with one attached hydrogen (secondary N) is 3. The molecule has 0 aliphatic carbocycles. The molecule has 0 radical (unpaired) electrons. The van der Waals surface area contributed by atoms with E-state index in [0.717, 1.165) is 35.0 Å². The summed E-state index contributed by atoms with van der Waals surface area (Å²) in [6.07, 6.45) is 4.00. The van der Waals surface area contributed by atoms with E-state index in [4.69, 9.17) is 0 Å². The average molecular weight is 1200 g/mol. The molecule has 9 nitrogen and oxygen atoms in total. The first kappa shape index (κ1) is 58.9. The van der Waals surface area contributed by atoms with Crippen LogP contribution in [0.4, 0.5) is 84.5 Å². The monoisotopic (exact) mass is 1200 g/mol. The standard InChI is InChI=1S/C14H14BrN3.C14H13N3.C12H11N3.C2H3Br.BrH.2F6P/c15-14-11-17(12-7-3-1-4-8-12)16-18(14)13-9-5-2-6-10-13;1-3-7-13(8-4-1)16-11-12-17(15-16)14-9-5-2-6-10-14;1-3-7-11(8-4-1)13-15-14-12-9-5-2-6-10-12;1-2-3;;2*1-7(2,3,4,5)6/h1-10,14,16H,11H2;1-12,15H;1-10H,(H,13,14);2H,1H2;1H;;/q;;;;;2*-1. The van der Waals surface area contributed by atoms with E-state index >= 15 is 0 Å². The summed E-state index contributed by atoms with van der Waals surface area (Å²) in [7, 11) is -21.3. The summed E-state index contributed by atoms with van der Waals surface area (Å²) < 4.78 is 118. The third-order valence-electron chi connectivity index (χ3n) is 7.47. The summed E-state index contributed by atoms with van der Waals surface area (Å²) in [4.78, 5) is 1.81. The predicted octanol–water partition coefficient (Wildman–Crippen LogP) is 18.7. The molecule has 2 heterocycles. The Morgan fingerprint density at radius 1 is 0.515 bits per heavy atom. The zero-order valence-corrected chi connectivity index (χ0v) is 41.5. The van der Waals surface area contributed by atoms with Crippen molar-refractivity contribution in [2.75, 3.05) is 32.0 Å². The van der Waals surface area contributed by atoms with E-state index in [1.807, 2.05) is 156 Å². The number of anilines is 5. The molecular formula is C42H42Br3F12N9P2-2. The van der Waals surface area contributed by atoms with E-state index in [0.29, 0.717) is 0 Å². The van der Waals surface area contributed by atoms with Gasteiger partial charge in [-0.2, -0.15) is 0 Å². The Morgan fingerprint density at radius 2 is 0.824 bits per heavy atom. The predicted molar refractivity (Wildman–Crippen MR) is 266 cm³/mol. The quantitative estimate of drug-likeness (QED) is 0.0367. The second kappa shape index (κ2) is 24.4. The van der Waals surface area contributed by atoms with Crippen molar-refractivity contribution in [3.05, 3.63) is 206 Å². The van der Waals surface area contributed by atoms with Crippen LogP contribution in [-0.2, 0) is 0 Å². The molecule has 8 rings (SSSR count). The van der Waals surface area contributed by atoms with Crippen molar-refractivity contribution >= 4 is 98.6 Å². The Balaban J connectivity index is 0.000000299. The molecule has 0 amide bonds. The largest absolute Gasteiger partial charge is 0.260 e. The second-order valence-corrected chi connectivity index (χ2v) is 18.6. The molecule has 1 fully saturated rings. The minimum atomic E-state index is -10.7. The SMILES string of the molecule is Br.BrC1CN(c2ccccc2)NN1c1ccccc1.C1=CN(c2ccccc2)NN1c1ccccc1.C=CBr.F[P-](F)(F)(F)(F)F.F[P-](F)(F)(F)(F)F.c1ccc(N=NNc2ccccc2)cc1. The molecule has 6 aromatic carbocycles. The minimum absolute atomic E-state index is 0. The van der Waals surface area contributed by atoms with Crippen LogP contribution in [0.5, 0.6) is 0 Å². The molecule has 1 unspecified atom stereocenters. The van der Waals surface area contributed by atoms with Crippen LogP contribution < -0.4 is 36.5 Å². The van der Waals surface area contributed by atoms with Crippen molar-refractivity contribution in [1.82, 2.24) is 11.1 Å². The molecule has 0 bridgehead atoms. The molecule has 0 spiro atoms. The number of benzene rings is 6. The minimum Gasteiger partial charge on any atom is -0.260 e. The molecule has 26 heteroatoms. The van der Waals surface area contributed by atoms with Gasteiger partial charge in [-0.15, -0.1) is 33.2 Å². The van der Waals surface area contributed by atoms with Crippen molar-refractivity contribution in [3.8, 4) is 0 Å². The summed E-state index contributed by atoms with van der Waals surface area (Å²) in [5.41, 5.74) is 15.8. The summed E-state index contributed by atoms with van der Waals surface area (Å²) >= 11 is 6.61. The van der Waals surface area contributed by atoms with E-state index in [1.165, 1.54) is 5.69 Å². The first-order chi connectivity index (χ1) is 31.0. The van der Waals surface area contributed by atoms with Crippen molar-refractivity contribution in [1.29, 1.82) is 0 Å². The van der Waals surface area contributed by atoms with Gasteiger partial charge >= 0.3 is 66.0 Å². The fraction of sp³-hybridized carbons (Fsp3) is 0.0476. The molecule has 1 saturated heterocycles. The maximum absolute atomic E-state index is 10.7. The van der Waals surface area contributed by atoms with Gasteiger partial charge in [0.2, 0.25) is 0 Å². The summed E-state index contributed by atoms with van der Waals surface area (Å²) in [6, 6.07) is 60.3. The van der Waals surface area contributed by atoms with Gasteiger partial charge in [0.1, 0.15) is 4.95 Å². The van der Waals surface area contributed by atoms with Crippen molar-refractivity contribution in [2.45, 2.75) is 4.95 Å². The number of nitrogens with zero attached hydrogens (tertiary/aromatic N) is 6. The van der Waals surface area contributed by atoms with Gasteiger partial charge in [-0.25, -0.2) is 0 Å². The van der Waals surface area contributed by atoms with Gasteiger partial charge in [-0.3, -0.25) is 25.5 Å². The Labute approximate surface area is 411 Å². The zero-order valence-electron chi connectivity index (χ0n) is 34.8. The average Bonchev–Trinajstić information content (AvgIpc) is 3.92. The Morgan fingerprint density at radius 3 is 1.19 bits per heavy atom. The van der Waals surface area contributed by atoms with Gasteiger partial charge in [0.25, 0.3) is 0 Å². The number of hydrogen-bond acceptors (Lipinski definition) is 8. The molecule has 372 valence electrons. The number of para-hydroxylation sites is 5. The number of alkyl halides is 1. The molecular weight excluding hydrogens is 1160 g/mol. The van der Waals surface area contributed by atoms with Crippen LogP contribution in [0, 0.1) is 0 Å². The van der Waals surface area contributed by atoms with Crippen LogP contribution in [0.25, 0.3) is 0 Å². The molecule has 6 aromatic rings. The maximum atomic E-state index is 9.87. The van der Waals surface area contributed by atoms with Crippen LogP contribution in [-0.4, -0.2) is 11.5 Å². The molecule has 2 aliphatic rings. The Kier molecular flexibility index (Phi) is 21.1. The Bertz CT molecular complexity index is 2330. The molecule has 3 N–H and O–H groups in total. The fourth-order valence-electron chi connectivity index (χ4n) is 4.97. The van der Waals surface area contributed by atoms with E-state index < -0.39 is 15.6 Å². The van der Waals surface area contributed by atoms with Gasteiger partial charge in [0, 0.05) is 12.4 Å². The first-order valence-electron chi connectivity index (χ1n) is 18.9. The number of rotatable bonds is 7. The zero-order chi connectivity index (χ0) is 49.7. The number of hydrazine groups is 4. The van der Waals surface area contributed by atoms with Gasteiger partial charge in [0.05, 0.1) is 40.7 Å². The number of halogens is 15. The first-order valence-corrected chi connectivity index (χ1v) is 24.7. The third kappa shape index (κ3) is 29.5. The molecule has 1 atom stereocenters. The third-order valence-corrected chi connectivity index (χ3v) is 8.17. The van der Waals surface area contributed by atoms with Gasteiger partial charge in [0.15, 0.2) is 0 Å². The van der Waals surface area contributed by atoms with E-state index in [1.54, 1.807) is 4.99 Å². The molecule has 2 aliphatic heterocycles. The van der Waals surface area contributed by atoms with Crippen LogP contribution in [0.2, 0.25) is 0 Å². The van der Waals surface area contributed by atoms with Crippen molar-refractivity contribution in [2.24, 2.45) is 10.3 Å². The van der Waals surface area contributed by atoms with E-state index in [-0.39, 0.29) is 21.9 Å². The smallest absolute Gasteiger partial charge is 0.0874 e. The normalized spacial score (nSPS) is 15.9. The second-order valence-electron chi connectivity index (χ2n) is 13.1.